The van der Waals surface area contributed by atoms with E-state index in [0.29, 0.717) is 22.5 Å². The van der Waals surface area contributed by atoms with Crippen molar-refractivity contribution >= 4 is 34.1 Å². The van der Waals surface area contributed by atoms with Gasteiger partial charge in [0.1, 0.15) is 14.9 Å². The molecule has 0 fully saturated rings. The molecule has 208 valence electrons. The Bertz CT molecular complexity index is 1680. The van der Waals surface area contributed by atoms with Gasteiger partial charge in [-0.2, -0.15) is 4.57 Å². The van der Waals surface area contributed by atoms with Crippen molar-refractivity contribution in [2.45, 2.75) is 57.5 Å². The van der Waals surface area contributed by atoms with E-state index in [2.05, 4.69) is 28.4 Å². The molecule has 0 aliphatic carbocycles. The van der Waals surface area contributed by atoms with Crippen molar-refractivity contribution in [2.24, 2.45) is 5.92 Å². The van der Waals surface area contributed by atoms with Crippen molar-refractivity contribution in [1.82, 2.24) is 4.57 Å². The highest BCUT2D eigenvalue weighted by atomic mass is 32.2. The van der Waals surface area contributed by atoms with Crippen LogP contribution in [0.15, 0.2) is 82.6 Å². The lowest BCUT2D eigenvalue weighted by Crippen LogP contribution is -2.38. The molecule has 0 saturated heterocycles. The lowest BCUT2D eigenvalue weighted by Gasteiger charge is -2.14. The van der Waals surface area contributed by atoms with Crippen molar-refractivity contribution in [3.63, 3.8) is 0 Å². The van der Waals surface area contributed by atoms with Crippen LogP contribution < -0.4 is 24.1 Å². The molecular formula is C31H30F3N2O2S2+. The first-order chi connectivity index (χ1) is 19.3. The highest BCUT2D eigenvalue weighted by Gasteiger charge is 2.32. The first-order valence-electron chi connectivity index (χ1n) is 13.3. The lowest BCUT2D eigenvalue weighted by atomic mass is 9.97. The second-order valence-electron chi connectivity index (χ2n) is 9.63. The summed E-state index contributed by atoms with van der Waals surface area (Å²) in [6, 6.07) is 20.7. The van der Waals surface area contributed by atoms with Crippen molar-refractivity contribution in [1.29, 1.82) is 0 Å². The number of thioether (sulfide) groups is 1. The van der Waals surface area contributed by atoms with Gasteiger partial charge in [0, 0.05) is 40.1 Å². The summed E-state index contributed by atoms with van der Waals surface area (Å²) in [6.07, 6.45) is 1.71. The summed E-state index contributed by atoms with van der Waals surface area (Å²) in [4.78, 5) is 15.4. The van der Waals surface area contributed by atoms with Crippen LogP contribution in [0.2, 0.25) is 0 Å². The number of nitrogens with zero attached hydrogens (tertiary/aromatic N) is 2. The quantitative estimate of drug-likeness (QED) is 0.267. The van der Waals surface area contributed by atoms with E-state index in [9.17, 15) is 18.0 Å². The van der Waals surface area contributed by atoms with Crippen LogP contribution in [-0.4, -0.2) is 10.9 Å². The molecular weight excluding hydrogens is 553 g/mol. The Hall–Kier alpha value is -3.30. The van der Waals surface area contributed by atoms with Gasteiger partial charge in [0.25, 0.3) is 5.56 Å². The van der Waals surface area contributed by atoms with Gasteiger partial charge in [-0.25, -0.2) is 0 Å². The maximum Gasteiger partial charge on any atom is 0.573 e. The maximum atomic E-state index is 13.8. The number of pyridine rings is 1. The van der Waals surface area contributed by atoms with Crippen LogP contribution in [-0.2, 0) is 19.5 Å². The summed E-state index contributed by atoms with van der Waals surface area (Å²) in [5.74, 6) is -0.111. The number of aromatic nitrogens is 2. The van der Waals surface area contributed by atoms with E-state index >= 15 is 0 Å². The van der Waals surface area contributed by atoms with Gasteiger partial charge in [-0.1, -0.05) is 55.1 Å². The van der Waals surface area contributed by atoms with Crippen molar-refractivity contribution in [3.05, 3.63) is 109 Å². The molecule has 0 amide bonds. The Kier molecular flexibility index (Phi) is 8.51. The Labute approximate surface area is 239 Å². The number of ether oxygens (including phenoxy) is 1. The van der Waals surface area contributed by atoms with Crippen LogP contribution in [0, 0.1) is 5.92 Å². The van der Waals surface area contributed by atoms with Gasteiger partial charge in [-0.05, 0) is 55.9 Å². The van der Waals surface area contributed by atoms with Crippen molar-refractivity contribution < 1.29 is 22.5 Å². The van der Waals surface area contributed by atoms with E-state index in [1.54, 1.807) is 10.6 Å². The Morgan fingerprint density at radius 3 is 2.58 bits per heavy atom. The van der Waals surface area contributed by atoms with Gasteiger partial charge in [-0.15, -0.1) is 24.5 Å². The fourth-order valence-corrected chi connectivity index (χ4v) is 7.75. The molecule has 2 aromatic heterocycles. The van der Waals surface area contributed by atoms with E-state index in [4.69, 9.17) is 0 Å². The first-order valence-corrected chi connectivity index (χ1v) is 14.9. The fourth-order valence-electron chi connectivity index (χ4n) is 4.98. The molecule has 0 saturated carbocycles. The van der Waals surface area contributed by atoms with Crippen LogP contribution >= 0.6 is 23.1 Å². The van der Waals surface area contributed by atoms with Crippen molar-refractivity contribution in [3.8, 4) is 5.75 Å². The second kappa shape index (κ2) is 12.1. The van der Waals surface area contributed by atoms with Crippen LogP contribution in [0.1, 0.15) is 43.5 Å². The summed E-state index contributed by atoms with van der Waals surface area (Å²) >= 11 is 2.87. The molecule has 1 unspecified atom stereocenters. The summed E-state index contributed by atoms with van der Waals surface area (Å²) in [7, 11) is 0. The molecule has 40 heavy (non-hydrogen) atoms. The van der Waals surface area contributed by atoms with Gasteiger partial charge >= 0.3 is 6.36 Å². The van der Waals surface area contributed by atoms with E-state index in [0.717, 1.165) is 40.1 Å². The smallest absolute Gasteiger partial charge is 0.406 e. The zero-order valence-electron chi connectivity index (χ0n) is 22.3. The third kappa shape index (κ3) is 6.36. The fraction of sp³-hybridized carbons (Fsp3) is 0.290. The summed E-state index contributed by atoms with van der Waals surface area (Å²) in [5, 5.41) is 0. The zero-order chi connectivity index (χ0) is 28.3. The highest BCUT2D eigenvalue weighted by molar-refractivity contribution is 8.08. The number of halogens is 3. The van der Waals surface area contributed by atoms with Gasteiger partial charge in [0.05, 0.1) is 0 Å². The van der Waals surface area contributed by atoms with Gasteiger partial charge in [0.2, 0.25) is 5.69 Å². The molecule has 0 radical (unpaired) electrons. The number of alkyl halides is 3. The maximum absolute atomic E-state index is 13.8. The Morgan fingerprint density at radius 2 is 1.85 bits per heavy atom. The van der Waals surface area contributed by atoms with E-state index in [1.807, 2.05) is 55.6 Å². The predicted molar refractivity (Wildman–Crippen MR) is 154 cm³/mol. The first kappa shape index (κ1) is 28.2. The Balaban J connectivity index is 1.63. The summed E-state index contributed by atoms with van der Waals surface area (Å²) in [6.45, 7) is 5.26. The summed E-state index contributed by atoms with van der Waals surface area (Å²) in [5.41, 5.74) is 3.07. The number of aryl methyl sites for hydroxylation is 1. The van der Waals surface area contributed by atoms with Crippen LogP contribution in [0.5, 0.6) is 5.75 Å². The molecule has 1 atom stereocenters. The number of benzene rings is 2. The van der Waals surface area contributed by atoms with Gasteiger partial charge in [-0.3, -0.25) is 9.36 Å². The number of thiazole rings is 1. The van der Waals surface area contributed by atoms with E-state index in [-0.39, 0.29) is 17.2 Å². The molecule has 5 rings (SSSR count). The molecule has 0 N–H and O–H groups in total. The SMILES string of the molecule is CCC1CCc2ccc(OC(F)(F)F)cc2SC1=c1sc(=Cc2cccc[n+]2Cc2ccccc2)n(CC)c1=O. The Morgan fingerprint density at radius 1 is 1.07 bits per heavy atom. The molecule has 4 aromatic rings. The van der Waals surface area contributed by atoms with Crippen LogP contribution in [0.4, 0.5) is 13.2 Å². The molecule has 1 aliphatic heterocycles. The average molecular weight is 584 g/mol. The largest absolute Gasteiger partial charge is 0.573 e. The predicted octanol–water partition coefficient (Wildman–Crippen LogP) is 5.87. The lowest BCUT2D eigenvalue weighted by molar-refractivity contribution is -0.690. The topological polar surface area (TPSA) is 35.1 Å². The molecule has 0 spiro atoms. The number of hydrogen-bond acceptors (Lipinski definition) is 4. The molecule has 1 aliphatic rings. The molecule has 3 heterocycles. The van der Waals surface area contributed by atoms with Gasteiger partial charge in [0.15, 0.2) is 12.7 Å². The van der Waals surface area contributed by atoms with E-state index < -0.39 is 6.36 Å². The third-order valence-electron chi connectivity index (χ3n) is 7.01. The number of fused-ring (bicyclic) bond motifs is 1. The number of rotatable bonds is 6. The van der Waals surface area contributed by atoms with E-state index in [1.165, 1.54) is 40.8 Å². The normalized spacial score (nSPS) is 17.4. The monoisotopic (exact) mass is 583 g/mol. The average Bonchev–Trinajstić information content (AvgIpc) is 3.12. The molecule has 9 heteroatoms. The highest BCUT2D eigenvalue weighted by Crippen LogP contribution is 2.43. The molecule has 0 bridgehead atoms. The standard InChI is InChI=1S/C31H30F3N2O2S2/c1-3-22-13-14-23-15-16-25(38-31(32,33)34)19-26(23)39-28(22)29-30(37)36(4-2)27(40-29)18-24-12-8-9-17-35(24)20-21-10-6-5-7-11-21/h5-12,15-19,22H,3-4,13-14,20H2,1-2H3/q+1. The number of hydrogen-bond donors (Lipinski definition) is 0. The van der Waals surface area contributed by atoms with Crippen LogP contribution in [0.3, 0.4) is 0 Å². The van der Waals surface area contributed by atoms with Crippen molar-refractivity contribution in [2.75, 3.05) is 0 Å². The minimum atomic E-state index is -4.76. The zero-order valence-corrected chi connectivity index (χ0v) is 23.9. The van der Waals surface area contributed by atoms with Crippen LogP contribution in [0.25, 0.3) is 11.0 Å². The third-order valence-corrected chi connectivity index (χ3v) is 9.65. The molecule has 2 aromatic carbocycles. The second-order valence-corrected chi connectivity index (χ2v) is 11.7. The molecule has 4 nitrogen and oxygen atoms in total. The summed E-state index contributed by atoms with van der Waals surface area (Å²) < 4.78 is 48.3. The minimum Gasteiger partial charge on any atom is -0.406 e. The minimum absolute atomic E-state index is 0.0589. The van der Waals surface area contributed by atoms with Gasteiger partial charge < -0.3 is 4.74 Å².